The van der Waals surface area contributed by atoms with Gasteiger partial charge < -0.3 is 14.9 Å². The van der Waals surface area contributed by atoms with E-state index in [0.29, 0.717) is 36.4 Å². The number of ether oxygens (including phenoxy) is 1. The van der Waals surface area contributed by atoms with Gasteiger partial charge in [0.15, 0.2) is 0 Å². The van der Waals surface area contributed by atoms with E-state index in [1.807, 2.05) is 27.7 Å². The highest BCUT2D eigenvalue weighted by Gasteiger charge is 2.48. The molecular formula is C48H74O6S. The SMILES string of the molecule is C[C@H](CO)C1=CC[C@H]2[C@@H](C)CCC[C@]12C.C[C@H](COCC#CC(C)(C)C)C1=CC[C@H]2[C@@H](O)CCC[C@]12C.Cc1ccc(S(=O)(=O)OCC#CC(C)(C)C)cc1. The lowest BCUT2D eigenvalue weighted by atomic mass is 9.61. The molecule has 5 rings (SSSR count). The predicted molar refractivity (Wildman–Crippen MR) is 226 cm³/mol. The maximum absolute atomic E-state index is 11.8. The molecule has 0 unspecified atom stereocenters. The molecule has 0 saturated heterocycles. The molecule has 2 fully saturated rings. The van der Waals surface area contributed by atoms with Crippen molar-refractivity contribution in [2.45, 2.75) is 145 Å². The van der Waals surface area contributed by atoms with Crippen molar-refractivity contribution in [2.75, 3.05) is 26.4 Å². The molecule has 0 aliphatic heterocycles. The molecule has 0 spiro atoms. The molecule has 4 aliphatic carbocycles. The first-order valence-electron chi connectivity index (χ1n) is 20.8. The van der Waals surface area contributed by atoms with Crippen molar-refractivity contribution in [3.05, 3.63) is 53.1 Å². The summed E-state index contributed by atoms with van der Waals surface area (Å²) in [5, 5.41) is 19.6. The second-order valence-corrected chi connectivity index (χ2v) is 20.9. The van der Waals surface area contributed by atoms with Gasteiger partial charge in [-0.1, -0.05) is 112 Å². The molecule has 7 heteroatoms. The second-order valence-electron chi connectivity index (χ2n) is 19.3. The maximum atomic E-state index is 11.8. The molecule has 4 aliphatic rings. The standard InChI is InChI=1S/C20H32O2.C14H18O3S.C14H24O/c1-15(14-22-13-7-11-19(2,3)4)16-9-10-17-18(21)8-6-12-20(16,17)5;1-12-6-8-13(9-7-12)18(15,16)17-11-5-10-14(2,3)4;1-10-5-4-8-14(3)12(10)6-7-13(14)11(2)9-15/h9,15,17-18,21H,6,8,10,12-14H2,1-5H3;6-9H,11H2,1-4H3;7,10-12,15H,4-6,8-9H2,1-3H3/t15-,17+,18+,20-;;10-,11+,12-,14-/m1.0/s1. The lowest BCUT2D eigenvalue weighted by molar-refractivity contribution is 0.00523. The molecular weight excluding hydrogens is 705 g/mol. The van der Waals surface area contributed by atoms with E-state index in [9.17, 15) is 18.6 Å². The highest BCUT2D eigenvalue weighted by Crippen LogP contribution is 2.56. The fraction of sp³-hybridized carbons (Fsp3) is 0.708. The third-order valence-corrected chi connectivity index (χ3v) is 13.5. The molecule has 0 radical (unpaired) electrons. The molecule has 2 N–H and O–H groups in total. The number of aryl methyl sites for hydroxylation is 1. The van der Waals surface area contributed by atoms with E-state index in [-0.39, 0.29) is 33.9 Å². The van der Waals surface area contributed by atoms with E-state index in [2.05, 4.69) is 91.2 Å². The van der Waals surface area contributed by atoms with Gasteiger partial charge in [0.1, 0.15) is 13.2 Å². The number of benzene rings is 1. The van der Waals surface area contributed by atoms with Crippen LogP contribution in [0.1, 0.15) is 133 Å². The van der Waals surface area contributed by atoms with E-state index in [0.717, 1.165) is 43.3 Å². The number of hydrogen-bond donors (Lipinski definition) is 2. The molecule has 2 saturated carbocycles. The third kappa shape index (κ3) is 13.3. The van der Waals surface area contributed by atoms with Crippen molar-refractivity contribution < 1.29 is 27.6 Å². The topological polar surface area (TPSA) is 93.1 Å². The van der Waals surface area contributed by atoms with Crippen LogP contribution in [0.15, 0.2) is 52.5 Å². The summed E-state index contributed by atoms with van der Waals surface area (Å²) in [6.07, 6.45) is 14.3. The number of allylic oxidation sites excluding steroid dienone is 2. The van der Waals surface area contributed by atoms with E-state index >= 15 is 0 Å². The Morgan fingerprint density at radius 3 is 1.89 bits per heavy atom. The maximum Gasteiger partial charge on any atom is 0.297 e. The highest BCUT2D eigenvalue weighted by atomic mass is 32.2. The van der Waals surface area contributed by atoms with Crippen LogP contribution >= 0.6 is 0 Å². The average molecular weight is 779 g/mol. The van der Waals surface area contributed by atoms with Gasteiger partial charge >= 0.3 is 0 Å². The van der Waals surface area contributed by atoms with E-state index < -0.39 is 10.1 Å². The van der Waals surface area contributed by atoms with Gasteiger partial charge in [-0.15, -0.1) is 0 Å². The number of hydrogen-bond acceptors (Lipinski definition) is 6. The largest absolute Gasteiger partial charge is 0.396 e. The van der Waals surface area contributed by atoms with Crippen LogP contribution in [0.3, 0.4) is 0 Å². The first-order chi connectivity index (χ1) is 25.5. The second kappa shape index (κ2) is 19.8. The fourth-order valence-corrected chi connectivity index (χ4v) is 10.2. The quantitative estimate of drug-likeness (QED) is 0.112. The summed E-state index contributed by atoms with van der Waals surface area (Å²) < 4.78 is 34.2. The predicted octanol–water partition coefficient (Wildman–Crippen LogP) is 10.3. The molecule has 308 valence electrons. The molecule has 1 aromatic carbocycles. The van der Waals surface area contributed by atoms with E-state index in [4.69, 9.17) is 8.92 Å². The lowest BCUT2D eigenvalue weighted by Crippen LogP contribution is -2.39. The summed E-state index contributed by atoms with van der Waals surface area (Å²) in [5.74, 6) is 14.8. The Balaban J connectivity index is 0.000000226. The van der Waals surface area contributed by atoms with E-state index in [1.165, 1.54) is 49.8 Å². The Morgan fingerprint density at radius 2 is 1.33 bits per heavy atom. The highest BCUT2D eigenvalue weighted by molar-refractivity contribution is 7.86. The molecule has 6 nitrogen and oxygen atoms in total. The van der Waals surface area contributed by atoms with Gasteiger partial charge in [0.2, 0.25) is 0 Å². The van der Waals surface area contributed by atoms with Crippen molar-refractivity contribution in [2.24, 2.45) is 51.2 Å². The summed E-state index contributed by atoms with van der Waals surface area (Å²) in [4.78, 5) is 0.158. The van der Waals surface area contributed by atoms with Crippen LogP contribution in [0.5, 0.6) is 0 Å². The molecule has 0 bridgehead atoms. The first kappa shape index (κ1) is 47.0. The van der Waals surface area contributed by atoms with Gasteiger partial charge in [-0.3, -0.25) is 4.18 Å². The number of aliphatic hydroxyl groups is 2. The Bertz CT molecular complexity index is 1690. The smallest absolute Gasteiger partial charge is 0.297 e. The minimum absolute atomic E-state index is 0.0435. The Kier molecular flexibility index (Phi) is 17.0. The Hall–Kier alpha value is -2.39. The van der Waals surface area contributed by atoms with Gasteiger partial charge in [0.05, 0.1) is 17.6 Å². The van der Waals surface area contributed by atoms with Crippen LogP contribution in [-0.4, -0.2) is 51.2 Å². The minimum atomic E-state index is -3.70. The summed E-state index contributed by atoms with van der Waals surface area (Å²) in [5.41, 5.74) is 4.51. The average Bonchev–Trinajstić information content (AvgIpc) is 3.64. The number of aliphatic hydroxyl groups excluding tert-OH is 2. The van der Waals surface area contributed by atoms with Crippen molar-refractivity contribution in [3.63, 3.8) is 0 Å². The zero-order valence-electron chi connectivity index (χ0n) is 36.3. The number of rotatable bonds is 9. The lowest BCUT2D eigenvalue weighted by Gasteiger charge is -2.44. The van der Waals surface area contributed by atoms with Crippen molar-refractivity contribution in [1.29, 1.82) is 0 Å². The van der Waals surface area contributed by atoms with Crippen LogP contribution in [0.4, 0.5) is 0 Å². The minimum Gasteiger partial charge on any atom is -0.396 e. The van der Waals surface area contributed by atoms with Crippen LogP contribution < -0.4 is 0 Å². The summed E-state index contributed by atoms with van der Waals surface area (Å²) >= 11 is 0. The molecule has 0 heterocycles. The van der Waals surface area contributed by atoms with E-state index in [1.54, 1.807) is 17.7 Å². The zero-order valence-corrected chi connectivity index (χ0v) is 37.2. The van der Waals surface area contributed by atoms with Gasteiger partial charge in [-0.2, -0.15) is 8.42 Å². The van der Waals surface area contributed by atoms with Crippen molar-refractivity contribution >= 4 is 10.1 Å². The monoisotopic (exact) mass is 779 g/mol. The summed E-state index contributed by atoms with van der Waals surface area (Å²) in [6, 6.07) is 6.53. The fourth-order valence-electron chi connectivity index (χ4n) is 9.38. The molecule has 8 atom stereocenters. The van der Waals surface area contributed by atoms with Gasteiger partial charge in [0, 0.05) is 29.3 Å². The van der Waals surface area contributed by atoms with Crippen LogP contribution in [-0.2, 0) is 19.0 Å². The van der Waals surface area contributed by atoms with Gasteiger partial charge in [-0.05, 0) is 128 Å². The van der Waals surface area contributed by atoms with Crippen LogP contribution in [0.25, 0.3) is 0 Å². The van der Waals surface area contributed by atoms with Gasteiger partial charge in [-0.25, -0.2) is 0 Å². The summed E-state index contributed by atoms with van der Waals surface area (Å²) in [6.45, 7) is 27.1. The zero-order chi connectivity index (χ0) is 41.2. The van der Waals surface area contributed by atoms with Crippen molar-refractivity contribution in [3.8, 4) is 23.7 Å². The van der Waals surface area contributed by atoms with Crippen LogP contribution in [0, 0.1) is 81.9 Å². The molecule has 55 heavy (non-hydrogen) atoms. The third-order valence-electron chi connectivity index (χ3n) is 12.2. The van der Waals surface area contributed by atoms with Crippen LogP contribution in [0.2, 0.25) is 0 Å². The molecule has 0 amide bonds. The van der Waals surface area contributed by atoms with Crippen molar-refractivity contribution in [1.82, 2.24) is 0 Å². The Morgan fingerprint density at radius 1 is 0.818 bits per heavy atom. The normalized spacial score (nSPS) is 28.5. The van der Waals surface area contributed by atoms with Gasteiger partial charge in [0.25, 0.3) is 10.1 Å². The number of fused-ring (bicyclic) bond motifs is 2. The Labute approximate surface area is 336 Å². The molecule has 1 aromatic rings. The molecule has 0 aromatic heterocycles. The summed E-state index contributed by atoms with van der Waals surface area (Å²) in [7, 11) is -3.70. The first-order valence-corrected chi connectivity index (χ1v) is 22.2.